The molecule has 2 atom stereocenters. The van der Waals surface area contributed by atoms with Gasteiger partial charge in [0.15, 0.2) is 11.5 Å². The van der Waals surface area contributed by atoms with Crippen molar-refractivity contribution in [3.05, 3.63) is 29.6 Å². The minimum Gasteiger partial charge on any atom is -0.364 e. The molecule has 1 saturated carbocycles. The van der Waals surface area contributed by atoms with Crippen LogP contribution < -0.4 is 22.1 Å². The minimum absolute atomic E-state index is 0.0209. The van der Waals surface area contributed by atoms with Crippen molar-refractivity contribution in [2.24, 2.45) is 18.5 Å². The number of anilines is 3. The Labute approximate surface area is 168 Å². The van der Waals surface area contributed by atoms with Gasteiger partial charge in [-0.05, 0) is 37.5 Å². The highest BCUT2D eigenvalue weighted by Gasteiger charge is 2.23. The van der Waals surface area contributed by atoms with Crippen molar-refractivity contribution >= 4 is 34.3 Å². The smallest absolute Gasteiger partial charge is 0.273 e. The molecule has 6 N–H and O–H groups in total. The van der Waals surface area contributed by atoms with Crippen LogP contribution in [0.25, 0.3) is 10.9 Å². The Balaban J connectivity index is 1.65. The first kappa shape index (κ1) is 19.1. The summed E-state index contributed by atoms with van der Waals surface area (Å²) >= 11 is 0. The molecule has 0 unspecified atom stereocenters. The third kappa shape index (κ3) is 3.83. The molecule has 0 aliphatic heterocycles. The van der Waals surface area contributed by atoms with Crippen LogP contribution in [-0.4, -0.2) is 43.0 Å². The summed E-state index contributed by atoms with van der Waals surface area (Å²) in [7, 11) is 1.90. The molecular weight excluding hydrogens is 370 g/mol. The van der Waals surface area contributed by atoms with Gasteiger partial charge in [-0.15, -0.1) is 10.2 Å². The summed E-state index contributed by atoms with van der Waals surface area (Å²) in [6.45, 7) is 2.00. The molecule has 0 spiro atoms. The Kier molecular flexibility index (Phi) is 5.01. The lowest BCUT2D eigenvalue weighted by Crippen LogP contribution is -2.43. The number of nitrogens with one attached hydrogen (secondary N) is 2. The predicted octanol–water partition coefficient (Wildman–Crippen LogP) is 1.59. The SMILES string of the molecule is Cc1cc(Nc2nc(N[C@@H]3CCCC[C@@H]3N)nnc2C(N)=O)cc2cnn(C)c12. The Morgan fingerprint density at radius 3 is 2.79 bits per heavy atom. The van der Waals surface area contributed by atoms with Crippen LogP contribution in [0.3, 0.4) is 0 Å². The number of carbonyl (C=O) groups excluding carboxylic acids is 1. The lowest BCUT2D eigenvalue weighted by molar-refractivity contribution is 0.0995. The van der Waals surface area contributed by atoms with E-state index in [9.17, 15) is 4.79 Å². The van der Waals surface area contributed by atoms with E-state index in [0.29, 0.717) is 5.95 Å². The first-order valence-corrected chi connectivity index (χ1v) is 9.68. The van der Waals surface area contributed by atoms with Gasteiger partial charge in [0, 0.05) is 30.2 Å². The number of carbonyl (C=O) groups is 1. The Hall–Kier alpha value is -3.27. The van der Waals surface area contributed by atoms with Crippen LogP contribution >= 0.6 is 0 Å². The van der Waals surface area contributed by atoms with Gasteiger partial charge in [0.2, 0.25) is 5.95 Å². The number of hydrogen-bond acceptors (Lipinski definition) is 8. The summed E-state index contributed by atoms with van der Waals surface area (Å²) in [6.07, 6.45) is 5.93. The van der Waals surface area contributed by atoms with Crippen LogP contribution in [0.2, 0.25) is 0 Å². The molecule has 2 heterocycles. The van der Waals surface area contributed by atoms with E-state index in [1.54, 1.807) is 6.20 Å². The summed E-state index contributed by atoms with van der Waals surface area (Å²) in [5.74, 6) is -0.131. The van der Waals surface area contributed by atoms with Crippen molar-refractivity contribution in [1.29, 1.82) is 0 Å². The predicted molar refractivity (Wildman–Crippen MR) is 111 cm³/mol. The van der Waals surface area contributed by atoms with Gasteiger partial charge in [-0.2, -0.15) is 10.1 Å². The van der Waals surface area contributed by atoms with E-state index >= 15 is 0 Å². The van der Waals surface area contributed by atoms with Crippen LogP contribution in [-0.2, 0) is 7.05 Å². The van der Waals surface area contributed by atoms with Crippen LogP contribution in [0, 0.1) is 6.92 Å². The molecule has 0 bridgehead atoms. The van der Waals surface area contributed by atoms with E-state index < -0.39 is 5.91 Å². The van der Waals surface area contributed by atoms with Gasteiger partial charge in [0.05, 0.1) is 11.7 Å². The van der Waals surface area contributed by atoms with Crippen molar-refractivity contribution in [1.82, 2.24) is 25.0 Å². The lowest BCUT2D eigenvalue weighted by atomic mass is 9.91. The molecule has 2 aromatic heterocycles. The average Bonchev–Trinajstić information content (AvgIpc) is 3.05. The van der Waals surface area contributed by atoms with Gasteiger partial charge in [0.25, 0.3) is 5.91 Å². The fourth-order valence-electron chi connectivity index (χ4n) is 3.91. The van der Waals surface area contributed by atoms with Crippen LogP contribution in [0.4, 0.5) is 17.5 Å². The minimum atomic E-state index is -0.701. The monoisotopic (exact) mass is 395 g/mol. The zero-order valence-electron chi connectivity index (χ0n) is 16.5. The van der Waals surface area contributed by atoms with Gasteiger partial charge >= 0.3 is 0 Å². The van der Waals surface area contributed by atoms with E-state index in [1.165, 1.54) is 0 Å². The van der Waals surface area contributed by atoms with E-state index in [-0.39, 0.29) is 23.6 Å². The first-order chi connectivity index (χ1) is 13.9. The summed E-state index contributed by atoms with van der Waals surface area (Å²) in [4.78, 5) is 16.3. The molecule has 3 aromatic rings. The zero-order valence-corrected chi connectivity index (χ0v) is 16.5. The van der Waals surface area contributed by atoms with Crippen LogP contribution in [0.15, 0.2) is 18.3 Å². The number of aromatic nitrogens is 5. The first-order valence-electron chi connectivity index (χ1n) is 9.68. The molecule has 1 amide bonds. The third-order valence-corrected chi connectivity index (χ3v) is 5.34. The highest BCUT2D eigenvalue weighted by Crippen LogP contribution is 2.26. The summed E-state index contributed by atoms with van der Waals surface area (Å²) in [5, 5.41) is 19.7. The van der Waals surface area contributed by atoms with Crippen molar-refractivity contribution < 1.29 is 4.79 Å². The van der Waals surface area contributed by atoms with E-state index in [4.69, 9.17) is 11.5 Å². The van der Waals surface area contributed by atoms with Crippen molar-refractivity contribution in [2.75, 3.05) is 10.6 Å². The highest BCUT2D eigenvalue weighted by molar-refractivity contribution is 5.96. The Morgan fingerprint density at radius 1 is 1.24 bits per heavy atom. The normalized spacial score (nSPS) is 19.3. The standard InChI is InChI=1S/C19H25N9O/c1-10-7-12(8-11-9-22-28(2)16(10)11)23-18-15(17(21)29)26-27-19(25-18)24-14-6-4-3-5-13(14)20/h7-9,13-14H,3-6,20H2,1-2H3,(H2,21,29)(H2,23,24,25,27)/t13-,14+/m0/s1. The number of primary amides is 1. The van der Waals surface area contributed by atoms with Crippen LogP contribution in [0.5, 0.6) is 0 Å². The molecular formula is C19H25N9O. The fraction of sp³-hybridized carbons (Fsp3) is 0.421. The topological polar surface area (TPSA) is 150 Å². The zero-order chi connectivity index (χ0) is 20.5. The molecule has 0 saturated heterocycles. The van der Waals surface area contributed by atoms with Crippen molar-refractivity contribution in [3.8, 4) is 0 Å². The molecule has 1 aliphatic rings. The second kappa shape index (κ2) is 7.63. The number of amides is 1. The molecule has 1 aliphatic carbocycles. The molecule has 10 nitrogen and oxygen atoms in total. The second-order valence-corrected chi connectivity index (χ2v) is 7.52. The molecule has 4 rings (SSSR count). The third-order valence-electron chi connectivity index (χ3n) is 5.34. The summed E-state index contributed by atoms with van der Waals surface area (Å²) in [6, 6.07) is 4.01. The number of fused-ring (bicyclic) bond motifs is 1. The van der Waals surface area contributed by atoms with Gasteiger partial charge in [-0.25, -0.2) is 0 Å². The second-order valence-electron chi connectivity index (χ2n) is 7.52. The van der Waals surface area contributed by atoms with E-state index in [2.05, 4.69) is 30.9 Å². The quantitative estimate of drug-likeness (QED) is 0.509. The van der Waals surface area contributed by atoms with E-state index in [1.807, 2.05) is 30.8 Å². The van der Waals surface area contributed by atoms with Crippen molar-refractivity contribution in [3.63, 3.8) is 0 Å². The molecule has 1 fully saturated rings. The highest BCUT2D eigenvalue weighted by atomic mass is 16.1. The maximum Gasteiger partial charge on any atom is 0.273 e. The number of hydrogen-bond donors (Lipinski definition) is 4. The number of nitrogens with two attached hydrogens (primary N) is 2. The molecule has 1 aromatic carbocycles. The number of aryl methyl sites for hydroxylation is 2. The number of nitrogens with zero attached hydrogens (tertiary/aromatic N) is 5. The molecule has 29 heavy (non-hydrogen) atoms. The largest absolute Gasteiger partial charge is 0.364 e. The molecule has 152 valence electrons. The summed E-state index contributed by atoms with van der Waals surface area (Å²) < 4.78 is 1.82. The molecule has 0 radical (unpaired) electrons. The number of benzene rings is 1. The average molecular weight is 395 g/mol. The maximum atomic E-state index is 11.8. The lowest BCUT2D eigenvalue weighted by Gasteiger charge is -2.29. The summed E-state index contributed by atoms with van der Waals surface area (Å²) in [5.41, 5.74) is 14.5. The Bertz CT molecular complexity index is 1060. The number of rotatable bonds is 5. The van der Waals surface area contributed by atoms with Crippen LogP contribution in [0.1, 0.15) is 41.7 Å². The van der Waals surface area contributed by atoms with Crippen molar-refractivity contribution in [2.45, 2.75) is 44.7 Å². The molecule has 10 heteroatoms. The maximum absolute atomic E-state index is 11.8. The van der Waals surface area contributed by atoms with E-state index in [0.717, 1.165) is 47.8 Å². The fourth-order valence-corrected chi connectivity index (χ4v) is 3.91. The van der Waals surface area contributed by atoms with Gasteiger partial charge < -0.3 is 22.1 Å². The van der Waals surface area contributed by atoms with Gasteiger partial charge in [-0.1, -0.05) is 12.8 Å². The van der Waals surface area contributed by atoms with Gasteiger partial charge in [0.1, 0.15) is 0 Å². The van der Waals surface area contributed by atoms with Gasteiger partial charge in [-0.3, -0.25) is 9.48 Å². The Morgan fingerprint density at radius 2 is 2.03 bits per heavy atom.